The summed E-state index contributed by atoms with van der Waals surface area (Å²) in [6.45, 7) is 1.98. The Kier molecular flexibility index (Phi) is 4.14. The lowest BCUT2D eigenvalue weighted by molar-refractivity contribution is 0.505. The van der Waals surface area contributed by atoms with Gasteiger partial charge in [0.2, 0.25) is 5.90 Å². The van der Waals surface area contributed by atoms with Gasteiger partial charge in [-0.2, -0.15) is 0 Å². The fourth-order valence-corrected chi connectivity index (χ4v) is 4.70. The monoisotopic (exact) mass is 351 g/mol. The van der Waals surface area contributed by atoms with E-state index in [2.05, 4.69) is 4.99 Å². The Morgan fingerprint density at radius 2 is 1.68 bits per heavy atom. The molecule has 0 amide bonds. The summed E-state index contributed by atoms with van der Waals surface area (Å²) >= 11 is 11.8. The van der Waals surface area contributed by atoms with Crippen molar-refractivity contribution in [1.82, 2.24) is 0 Å². The molecule has 0 aromatic heterocycles. The minimum Gasteiger partial charge on any atom is -0.417 e. The van der Waals surface area contributed by atoms with Gasteiger partial charge in [-0.05, 0) is 31.2 Å². The largest absolute Gasteiger partial charge is 0.417 e. The summed E-state index contributed by atoms with van der Waals surface area (Å²) < 4.78 is 18.8. The van der Waals surface area contributed by atoms with Crippen LogP contribution in [0.4, 0.5) is 0 Å². The molecule has 0 unspecified atom stereocenters. The van der Waals surface area contributed by atoms with Crippen LogP contribution in [-0.4, -0.2) is 5.90 Å². The molecule has 2 aromatic carbocycles. The zero-order valence-corrected chi connectivity index (χ0v) is 14.1. The number of hydrogen-bond acceptors (Lipinski definition) is 3. The van der Waals surface area contributed by atoms with Gasteiger partial charge in [-0.15, -0.1) is 0 Å². The summed E-state index contributed by atoms with van der Waals surface area (Å²) in [7, 11) is -3.41. The van der Waals surface area contributed by atoms with Gasteiger partial charge in [-0.3, -0.25) is 4.57 Å². The number of aliphatic imine (C=N–C) groups is 1. The second-order valence-corrected chi connectivity index (χ2v) is 8.02. The minimum absolute atomic E-state index is 0.0811. The molecular weight excluding hydrogens is 340 g/mol. The topological polar surface area (TPSA) is 38.7 Å². The highest BCUT2D eigenvalue weighted by Gasteiger charge is 2.41. The Morgan fingerprint density at radius 1 is 1.05 bits per heavy atom. The summed E-state index contributed by atoms with van der Waals surface area (Å²) in [4.78, 5) is 4.26. The Balaban J connectivity index is 2.08. The third-order valence-electron chi connectivity index (χ3n) is 3.26. The number of halogens is 2. The highest BCUT2D eigenvalue weighted by molar-refractivity contribution is 7.72. The molecule has 3 nitrogen and oxygen atoms in total. The molecular formula is C16H12Cl2NO2P. The van der Waals surface area contributed by atoms with Crippen molar-refractivity contribution < 1.29 is 9.09 Å². The molecule has 3 rings (SSSR count). The lowest BCUT2D eigenvalue weighted by atomic mass is 10.1. The van der Waals surface area contributed by atoms with E-state index in [1.54, 1.807) is 24.3 Å². The van der Waals surface area contributed by atoms with E-state index < -0.39 is 7.37 Å². The Hall–Kier alpha value is -1.54. The second kappa shape index (κ2) is 5.92. The third-order valence-corrected chi connectivity index (χ3v) is 6.18. The van der Waals surface area contributed by atoms with Crippen molar-refractivity contribution in [2.45, 2.75) is 6.92 Å². The SMILES string of the molecule is Cc1ccc(C2=NC(=C(Cl)Cl)[P@](=O)(c3ccccc3)O2)cc1. The molecule has 1 atom stereocenters. The molecule has 0 spiro atoms. The molecule has 6 heteroatoms. The van der Waals surface area contributed by atoms with Crippen molar-refractivity contribution in [2.24, 2.45) is 4.99 Å². The van der Waals surface area contributed by atoms with Gasteiger partial charge in [0.05, 0.1) is 5.30 Å². The Bertz CT molecular complexity index is 810. The summed E-state index contributed by atoms with van der Waals surface area (Å²) in [5.74, 6) is 0.265. The first-order valence-electron chi connectivity index (χ1n) is 6.57. The zero-order valence-electron chi connectivity index (χ0n) is 11.7. The van der Waals surface area contributed by atoms with Crippen LogP contribution in [0.1, 0.15) is 11.1 Å². The van der Waals surface area contributed by atoms with E-state index >= 15 is 0 Å². The van der Waals surface area contributed by atoms with Crippen molar-refractivity contribution in [3.05, 3.63) is 75.7 Å². The van der Waals surface area contributed by atoms with Crippen LogP contribution >= 0.6 is 30.6 Å². The maximum Gasteiger partial charge on any atom is 0.328 e. The van der Waals surface area contributed by atoms with Crippen molar-refractivity contribution in [3.8, 4) is 0 Å². The lowest BCUT2D eigenvalue weighted by Gasteiger charge is -2.13. The van der Waals surface area contributed by atoms with Gasteiger partial charge in [-0.25, -0.2) is 4.99 Å². The number of rotatable bonds is 2. The van der Waals surface area contributed by atoms with Crippen LogP contribution in [-0.2, 0) is 9.09 Å². The lowest BCUT2D eigenvalue weighted by Crippen LogP contribution is -2.07. The molecule has 2 aromatic rings. The number of benzene rings is 2. The van der Waals surface area contributed by atoms with Crippen LogP contribution in [0.2, 0.25) is 0 Å². The molecule has 0 N–H and O–H groups in total. The molecule has 1 aliphatic heterocycles. The zero-order chi connectivity index (χ0) is 15.7. The predicted octanol–water partition coefficient (Wildman–Crippen LogP) is 4.98. The molecule has 1 aliphatic rings. The first-order valence-corrected chi connectivity index (χ1v) is 8.95. The fourth-order valence-electron chi connectivity index (χ4n) is 2.11. The maximum absolute atomic E-state index is 13.3. The van der Waals surface area contributed by atoms with Gasteiger partial charge in [-0.1, -0.05) is 59.1 Å². The van der Waals surface area contributed by atoms with Crippen molar-refractivity contribution in [1.29, 1.82) is 0 Å². The summed E-state index contributed by atoms with van der Waals surface area (Å²) in [6, 6.07) is 16.4. The molecule has 1 heterocycles. The van der Waals surface area contributed by atoms with E-state index in [9.17, 15) is 4.57 Å². The van der Waals surface area contributed by atoms with Crippen molar-refractivity contribution in [2.75, 3.05) is 0 Å². The summed E-state index contributed by atoms with van der Waals surface area (Å²) in [6.07, 6.45) is 0. The Labute approximate surface area is 138 Å². The summed E-state index contributed by atoms with van der Waals surface area (Å²) in [5, 5.41) is 0.509. The first-order chi connectivity index (χ1) is 10.5. The van der Waals surface area contributed by atoms with Gasteiger partial charge in [0, 0.05) is 5.56 Å². The van der Waals surface area contributed by atoms with Crippen LogP contribution in [0.5, 0.6) is 0 Å². The van der Waals surface area contributed by atoms with E-state index in [0.717, 1.165) is 11.1 Å². The van der Waals surface area contributed by atoms with Crippen LogP contribution in [0.3, 0.4) is 0 Å². The highest BCUT2D eigenvalue weighted by Crippen LogP contribution is 2.61. The van der Waals surface area contributed by atoms with Gasteiger partial charge in [0.1, 0.15) is 4.49 Å². The fraction of sp³-hybridized carbons (Fsp3) is 0.0625. The minimum atomic E-state index is -3.41. The molecule has 0 saturated heterocycles. The van der Waals surface area contributed by atoms with E-state index in [-0.39, 0.29) is 15.8 Å². The molecule has 0 radical (unpaired) electrons. The van der Waals surface area contributed by atoms with Gasteiger partial charge in [0.15, 0.2) is 5.44 Å². The third kappa shape index (κ3) is 2.72. The molecule has 0 aliphatic carbocycles. The van der Waals surface area contributed by atoms with E-state index in [1.165, 1.54) is 0 Å². The highest BCUT2D eigenvalue weighted by atomic mass is 35.5. The average molecular weight is 352 g/mol. The summed E-state index contributed by atoms with van der Waals surface area (Å²) in [5.41, 5.74) is 1.92. The van der Waals surface area contributed by atoms with Gasteiger partial charge >= 0.3 is 7.37 Å². The van der Waals surface area contributed by atoms with Crippen LogP contribution in [0.15, 0.2) is 69.5 Å². The number of hydrogen-bond donors (Lipinski definition) is 0. The first kappa shape index (κ1) is 15.4. The molecule has 0 bridgehead atoms. The van der Waals surface area contributed by atoms with Crippen LogP contribution in [0.25, 0.3) is 0 Å². The second-order valence-electron chi connectivity index (χ2n) is 4.85. The van der Waals surface area contributed by atoms with E-state index in [0.29, 0.717) is 5.30 Å². The quantitative estimate of drug-likeness (QED) is 0.715. The molecule has 0 saturated carbocycles. The van der Waals surface area contributed by atoms with Crippen molar-refractivity contribution in [3.63, 3.8) is 0 Å². The predicted molar refractivity (Wildman–Crippen MR) is 91.2 cm³/mol. The average Bonchev–Trinajstić information content (AvgIpc) is 2.88. The van der Waals surface area contributed by atoms with Crippen LogP contribution < -0.4 is 5.30 Å². The molecule has 0 fully saturated rings. The normalized spacial score (nSPS) is 20.5. The molecule has 112 valence electrons. The Morgan fingerprint density at radius 3 is 2.27 bits per heavy atom. The maximum atomic E-state index is 13.3. The smallest absolute Gasteiger partial charge is 0.328 e. The number of aryl methyl sites for hydroxylation is 1. The number of nitrogens with zero attached hydrogens (tertiary/aromatic N) is 1. The standard InChI is InChI=1S/C16H12Cl2NO2P/c1-11-7-9-12(10-8-11)15-19-16(14(17)18)22(20,21-15)13-5-3-2-4-6-13/h2-10H,1H3/t22-/m0/s1. The van der Waals surface area contributed by atoms with Gasteiger partial charge in [0.25, 0.3) is 0 Å². The van der Waals surface area contributed by atoms with Crippen LogP contribution in [0, 0.1) is 6.92 Å². The molecule has 22 heavy (non-hydrogen) atoms. The van der Waals surface area contributed by atoms with E-state index in [1.807, 2.05) is 37.3 Å². The van der Waals surface area contributed by atoms with E-state index in [4.69, 9.17) is 27.7 Å². The van der Waals surface area contributed by atoms with Gasteiger partial charge < -0.3 is 4.52 Å². The van der Waals surface area contributed by atoms with Crippen molar-refractivity contribution >= 4 is 41.8 Å².